The fourth-order valence-electron chi connectivity index (χ4n) is 1.83. The maximum atomic E-state index is 11.8. The first kappa shape index (κ1) is 16.2. The van der Waals surface area contributed by atoms with Gasteiger partial charge in [0.25, 0.3) is 0 Å². The number of nitrogens with zero attached hydrogens (tertiary/aromatic N) is 2. The number of hydrogen-bond acceptors (Lipinski definition) is 4. The van der Waals surface area contributed by atoms with Gasteiger partial charge in [-0.15, -0.1) is 0 Å². The molecule has 0 aliphatic rings. The molecule has 0 aliphatic heterocycles. The Hall–Kier alpha value is -1.85. The smallest absolute Gasteiger partial charge is 0.408 e. The van der Waals surface area contributed by atoms with Gasteiger partial charge in [0.15, 0.2) is 0 Å². The van der Waals surface area contributed by atoms with Crippen molar-refractivity contribution in [3.63, 3.8) is 0 Å². The van der Waals surface area contributed by atoms with E-state index in [0.29, 0.717) is 0 Å². The highest BCUT2D eigenvalue weighted by molar-refractivity contribution is 5.69. The molecular formula is C14H23N3O3. The molecular weight excluding hydrogens is 258 g/mol. The number of ether oxygens (including phenoxy) is 1. The summed E-state index contributed by atoms with van der Waals surface area (Å²) < 4.78 is 7.00. The molecule has 112 valence electrons. The maximum Gasteiger partial charge on any atom is 0.408 e. The Bertz CT molecular complexity index is 460. The third-order valence-corrected chi connectivity index (χ3v) is 2.57. The number of carbonyl (C=O) groups is 2. The quantitative estimate of drug-likeness (QED) is 0.842. The van der Waals surface area contributed by atoms with Gasteiger partial charge in [-0.05, 0) is 40.7 Å². The van der Waals surface area contributed by atoms with Crippen molar-refractivity contribution in [3.8, 4) is 0 Å². The van der Waals surface area contributed by atoms with Crippen LogP contribution in [-0.4, -0.2) is 27.8 Å². The normalized spacial score (nSPS) is 13.1. The minimum Gasteiger partial charge on any atom is -0.444 e. The number of nitrogens with one attached hydrogen (secondary N) is 1. The molecule has 1 atom stereocenters. The van der Waals surface area contributed by atoms with E-state index in [2.05, 4.69) is 10.4 Å². The molecule has 0 bridgehead atoms. The number of aromatic nitrogens is 2. The Morgan fingerprint density at radius 2 is 2.15 bits per heavy atom. The van der Waals surface area contributed by atoms with Crippen molar-refractivity contribution in [1.29, 1.82) is 0 Å². The number of aldehydes is 1. The Morgan fingerprint density at radius 3 is 2.65 bits per heavy atom. The molecule has 1 heterocycles. The molecule has 0 aromatic carbocycles. The average molecular weight is 281 g/mol. The fraction of sp³-hybridized carbons (Fsp3) is 0.643. The molecule has 0 saturated heterocycles. The summed E-state index contributed by atoms with van der Waals surface area (Å²) in [5.74, 6) is 0. The zero-order valence-electron chi connectivity index (χ0n) is 12.7. The van der Waals surface area contributed by atoms with Crippen molar-refractivity contribution < 1.29 is 14.3 Å². The van der Waals surface area contributed by atoms with Gasteiger partial charge in [0.05, 0.1) is 11.7 Å². The van der Waals surface area contributed by atoms with Gasteiger partial charge in [0, 0.05) is 18.7 Å². The van der Waals surface area contributed by atoms with E-state index in [1.54, 1.807) is 37.7 Å². The van der Waals surface area contributed by atoms with Gasteiger partial charge in [-0.2, -0.15) is 5.10 Å². The second-order valence-corrected chi connectivity index (χ2v) is 5.90. The van der Waals surface area contributed by atoms with Crippen LogP contribution in [0, 0.1) is 0 Å². The molecule has 0 aliphatic carbocycles. The van der Waals surface area contributed by atoms with Crippen molar-refractivity contribution in [3.05, 3.63) is 18.0 Å². The molecule has 0 radical (unpaired) electrons. The van der Waals surface area contributed by atoms with Crippen LogP contribution in [0.5, 0.6) is 0 Å². The topological polar surface area (TPSA) is 73.2 Å². The first-order valence-corrected chi connectivity index (χ1v) is 6.71. The van der Waals surface area contributed by atoms with Gasteiger partial charge in [-0.1, -0.05) is 0 Å². The van der Waals surface area contributed by atoms with Crippen molar-refractivity contribution in [2.45, 2.75) is 58.7 Å². The Labute approximate surface area is 119 Å². The van der Waals surface area contributed by atoms with Gasteiger partial charge in [0.1, 0.15) is 11.9 Å². The van der Waals surface area contributed by atoms with E-state index in [1.807, 2.05) is 13.8 Å². The number of rotatable bonds is 5. The lowest BCUT2D eigenvalue weighted by Gasteiger charge is -2.24. The zero-order chi connectivity index (χ0) is 15.3. The standard InChI is InChI=1S/C14H23N3O3/c1-10(2)17-12(6-8-15-17)11(7-9-18)16-13(19)20-14(3,4)5/h6,8-11H,7H2,1-5H3,(H,16,19)/t11-/m0/s1. The lowest BCUT2D eigenvalue weighted by Crippen LogP contribution is -2.36. The highest BCUT2D eigenvalue weighted by atomic mass is 16.6. The number of hydrogen-bond donors (Lipinski definition) is 1. The molecule has 20 heavy (non-hydrogen) atoms. The van der Waals surface area contributed by atoms with Crippen LogP contribution in [0.25, 0.3) is 0 Å². The summed E-state index contributed by atoms with van der Waals surface area (Å²) in [6.45, 7) is 9.35. The summed E-state index contributed by atoms with van der Waals surface area (Å²) in [5, 5.41) is 6.93. The van der Waals surface area contributed by atoms with Crippen molar-refractivity contribution in [2.24, 2.45) is 0 Å². The summed E-state index contributed by atoms with van der Waals surface area (Å²) in [6.07, 6.45) is 2.07. The summed E-state index contributed by atoms with van der Waals surface area (Å²) in [6, 6.07) is 1.51. The predicted molar refractivity (Wildman–Crippen MR) is 75.4 cm³/mol. The third-order valence-electron chi connectivity index (χ3n) is 2.57. The molecule has 1 amide bonds. The van der Waals surface area contributed by atoms with Gasteiger partial charge in [-0.25, -0.2) is 4.79 Å². The third kappa shape index (κ3) is 4.68. The SMILES string of the molecule is CC(C)n1nccc1[C@H](CC=O)NC(=O)OC(C)(C)C. The van der Waals surface area contributed by atoms with E-state index in [4.69, 9.17) is 4.74 Å². The number of carbonyl (C=O) groups excluding carboxylic acids is 2. The molecule has 1 aromatic rings. The Balaban J connectivity index is 2.86. The largest absolute Gasteiger partial charge is 0.444 e. The number of amides is 1. The monoisotopic (exact) mass is 281 g/mol. The zero-order valence-corrected chi connectivity index (χ0v) is 12.7. The fourth-order valence-corrected chi connectivity index (χ4v) is 1.83. The van der Waals surface area contributed by atoms with E-state index in [-0.39, 0.29) is 12.5 Å². The summed E-state index contributed by atoms with van der Waals surface area (Å²) in [5.41, 5.74) is 0.214. The van der Waals surface area contributed by atoms with Crippen LogP contribution < -0.4 is 5.32 Å². The van der Waals surface area contributed by atoms with E-state index in [1.165, 1.54) is 0 Å². The van der Waals surface area contributed by atoms with E-state index in [9.17, 15) is 9.59 Å². The van der Waals surface area contributed by atoms with Crippen molar-refractivity contribution in [2.75, 3.05) is 0 Å². The first-order chi connectivity index (χ1) is 9.24. The minimum atomic E-state index is -0.575. The molecule has 1 N–H and O–H groups in total. The van der Waals surface area contributed by atoms with Gasteiger partial charge < -0.3 is 14.8 Å². The van der Waals surface area contributed by atoms with Crippen LogP contribution in [0.2, 0.25) is 0 Å². The van der Waals surface area contributed by atoms with Crippen LogP contribution in [0.15, 0.2) is 12.3 Å². The molecule has 0 saturated carbocycles. The molecule has 0 unspecified atom stereocenters. The maximum absolute atomic E-state index is 11.8. The number of alkyl carbamates (subject to hydrolysis) is 1. The van der Waals surface area contributed by atoms with Crippen LogP contribution >= 0.6 is 0 Å². The van der Waals surface area contributed by atoms with Crippen LogP contribution in [0.1, 0.15) is 58.8 Å². The van der Waals surface area contributed by atoms with Gasteiger partial charge in [-0.3, -0.25) is 4.68 Å². The van der Waals surface area contributed by atoms with E-state index in [0.717, 1.165) is 12.0 Å². The Morgan fingerprint density at radius 1 is 1.50 bits per heavy atom. The Kier molecular flexibility index (Phi) is 5.30. The van der Waals surface area contributed by atoms with Crippen molar-refractivity contribution >= 4 is 12.4 Å². The summed E-state index contributed by atoms with van der Waals surface area (Å²) >= 11 is 0. The second kappa shape index (κ2) is 6.54. The lowest BCUT2D eigenvalue weighted by atomic mass is 10.1. The molecule has 1 aromatic heterocycles. The summed E-state index contributed by atoms with van der Waals surface area (Å²) in [4.78, 5) is 22.7. The van der Waals surface area contributed by atoms with Gasteiger partial charge >= 0.3 is 6.09 Å². The predicted octanol–water partition coefficient (Wildman–Crippen LogP) is 2.62. The highest BCUT2D eigenvalue weighted by Crippen LogP contribution is 2.19. The molecule has 6 heteroatoms. The van der Waals surface area contributed by atoms with Crippen molar-refractivity contribution in [1.82, 2.24) is 15.1 Å². The molecule has 6 nitrogen and oxygen atoms in total. The minimum absolute atomic E-state index is 0.148. The molecule has 1 rings (SSSR count). The molecule has 0 fully saturated rings. The lowest BCUT2D eigenvalue weighted by molar-refractivity contribution is -0.108. The van der Waals surface area contributed by atoms with Crippen LogP contribution in [0.3, 0.4) is 0 Å². The highest BCUT2D eigenvalue weighted by Gasteiger charge is 2.23. The average Bonchev–Trinajstić information content (AvgIpc) is 2.74. The second-order valence-electron chi connectivity index (χ2n) is 5.90. The summed E-state index contributed by atoms with van der Waals surface area (Å²) in [7, 11) is 0. The van der Waals surface area contributed by atoms with E-state index < -0.39 is 17.7 Å². The first-order valence-electron chi connectivity index (χ1n) is 6.71. The van der Waals surface area contributed by atoms with E-state index >= 15 is 0 Å². The molecule has 0 spiro atoms. The van der Waals surface area contributed by atoms with Crippen LogP contribution in [0.4, 0.5) is 4.79 Å². The van der Waals surface area contributed by atoms with Crippen LogP contribution in [-0.2, 0) is 9.53 Å². The van der Waals surface area contributed by atoms with Gasteiger partial charge in [0.2, 0.25) is 0 Å².